The van der Waals surface area contributed by atoms with E-state index in [4.69, 9.17) is 4.74 Å². The molecule has 176 valence electrons. The minimum Gasteiger partial charge on any atom is -0.494 e. The van der Waals surface area contributed by atoms with Crippen LogP contribution in [0.1, 0.15) is 33.8 Å². The van der Waals surface area contributed by atoms with E-state index in [1.807, 2.05) is 43.3 Å². The zero-order valence-electron chi connectivity index (χ0n) is 18.1. The van der Waals surface area contributed by atoms with Crippen LogP contribution in [0.25, 0.3) is 0 Å². The molecule has 2 amide bonds. The van der Waals surface area contributed by atoms with Gasteiger partial charge in [-0.3, -0.25) is 14.5 Å². The topological polar surface area (TPSA) is 58.6 Å². The van der Waals surface area contributed by atoms with Gasteiger partial charge in [0.05, 0.1) is 17.9 Å². The number of hydrogen-bond donors (Lipinski definition) is 1. The van der Waals surface area contributed by atoms with Crippen LogP contribution < -0.4 is 15.0 Å². The molecule has 0 aliphatic carbocycles. The highest BCUT2D eigenvalue weighted by Crippen LogP contribution is 2.42. The maximum atomic E-state index is 12.7. The maximum Gasteiger partial charge on any atom is 0.416 e. The van der Waals surface area contributed by atoms with Crippen molar-refractivity contribution in [1.29, 1.82) is 0 Å². The summed E-state index contributed by atoms with van der Waals surface area (Å²) >= 11 is 1.51. The molecule has 1 unspecified atom stereocenters. The van der Waals surface area contributed by atoms with Gasteiger partial charge in [0.2, 0.25) is 5.91 Å². The molecule has 3 aromatic carbocycles. The quantitative estimate of drug-likeness (QED) is 0.455. The minimum atomic E-state index is -4.45. The highest BCUT2D eigenvalue weighted by Gasteiger charge is 2.34. The summed E-state index contributed by atoms with van der Waals surface area (Å²) in [5, 5.41) is 2.47. The number of thioether (sulfide) groups is 1. The maximum absolute atomic E-state index is 12.7. The number of rotatable bonds is 6. The van der Waals surface area contributed by atoms with Gasteiger partial charge >= 0.3 is 6.18 Å². The highest BCUT2D eigenvalue weighted by atomic mass is 32.2. The lowest BCUT2D eigenvalue weighted by atomic mass is 10.1. The van der Waals surface area contributed by atoms with Crippen LogP contribution in [0.2, 0.25) is 0 Å². The Morgan fingerprint density at radius 3 is 2.26 bits per heavy atom. The summed E-state index contributed by atoms with van der Waals surface area (Å²) in [6, 6.07) is 18.4. The predicted octanol–water partition coefficient (Wildman–Crippen LogP) is 6.14. The van der Waals surface area contributed by atoms with Crippen LogP contribution in [0.5, 0.6) is 5.75 Å². The van der Waals surface area contributed by atoms with Crippen LogP contribution in [0.3, 0.4) is 0 Å². The molecule has 1 aliphatic rings. The first kappa shape index (κ1) is 23.7. The summed E-state index contributed by atoms with van der Waals surface area (Å²) in [7, 11) is 0. The molecule has 1 aliphatic heterocycles. The Bertz CT molecular complexity index is 1160. The SMILES string of the molecule is CCOc1ccc(N2C(=O)CSC2c2ccc(NC(=O)c3ccc(C(F)(F)F)cc3)cc2)cc1. The van der Waals surface area contributed by atoms with Crippen molar-refractivity contribution in [2.45, 2.75) is 18.5 Å². The van der Waals surface area contributed by atoms with Crippen LogP contribution in [-0.2, 0) is 11.0 Å². The van der Waals surface area contributed by atoms with Gasteiger partial charge in [-0.2, -0.15) is 13.2 Å². The van der Waals surface area contributed by atoms with Crippen molar-refractivity contribution in [3.8, 4) is 5.75 Å². The van der Waals surface area contributed by atoms with E-state index in [0.29, 0.717) is 18.0 Å². The molecule has 0 radical (unpaired) electrons. The third-order valence-corrected chi connectivity index (χ3v) is 6.43. The van der Waals surface area contributed by atoms with Crippen molar-refractivity contribution in [1.82, 2.24) is 0 Å². The second-order valence-corrected chi connectivity index (χ2v) is 8.57. The molecular formula is C25H21F3N2O3S. The molecule has 3 aromatic rings. The number of amides is 2. The molecule has 34 heavy (non-hydrogen) atoms. The van der Waals surface area contributed by atoms with Crippen molar-refractivity contribution in [2.75, 3.05) is 22.6 Å². The standard InChI is InChI=1S/C25H21F3N2O3S/c1-2-33-21-13-11-20(12-14-21)30-22(31)15-34-24(30)17-5-9-19(10-6-17)29-23(32)16-3-7-18(8-4-16)25(26,27)28/h3-14,24H,2,15H2,1H3,(H,29,32). The Labute approximate surface area is 198 Å². The van der Waals surface area contributed by atoms with Crippen LogP contribution in [0.4, 0.5) is 24.5 Å². The molecule has 0 saturated carbocycles. The Hall–Kier alpha value is -3.46. The molecule has 4 rings (SSSR count). The van der Waals surface area contributed by atoms with E-state index in [9.17, 15) is 22.8 Å². The van der Waals surface area contributed by atoms with E-state index in [2.05, 4.69) is 5.32 Å². The Morgan fingerprint density at radius 2 is 1.68 bits per heavy atom. The monoisotopic (exact) mass is 486 g/mol. The molecule has 1 atom stereocenters. The number of ether oxygens (including phenoxy) is 1. The van der Waals surface area contributed by atoms with Crippen molar-refractivity contribution in [3.63, 3.8) is 0 Å². The van der Waals surface area contributed by atoms with Crippen molar-refractivity contribution in [3.05, 3.63) is 89.5 Å². The minimum absolute atomic E-state index is 0.00107. The number of nitrogens with zero attached hydrogens (tertiary/aromatic N) is 1. The van der Waals surface area contributed by atoms with Crippen LogP contribution in [0.15, 0.2) is 72.8 Å². The highest BCUT2D eigenvalue weighted by molar-refractivity contribution is 8.00. The lowest BCUT2D eigenvalue weighted by Crippen LogP contribution is -2.27. The van der Waals surface area contributed by atoms with Gasteiger partial charge in [-0.25, -0.2) is 0 Å². The molecule has 1 N–H and O–H groups in total. The number of halogens is 3. The second kappa shape index (κ2) is 9.80. The van der Waals surface area contributed by atoms with Gasteiger partial charge in [0, 0.05) is 16.9 Å². The van der Waals surface area contributed by atoms with Gasteiger partial charge in [-0.15, -0.1) is 11.8 Å². The fraction of sp³-hybridized carbons (Fsp3) is 0.200. The van der Waals surface area contributed by atoms with Gasteiger partial charge in [0.15, 0.2) is 0 Å². The normalized spacial score (nSPS) is 15.9. The first-order chi connectivity index (χ1) is 16.3. The van der Waals surface area contributed by atoms with E-state index in [1.54, 1.807) is 17.0 Å². The third-order valence-electron chi connectivity index (χ3n) is 5.22. The third kappa shape index (κ3) is 5.20. The molecule has 0 bridgehead atoms. The molecule has 1 saturated heterocycles. The summed E-state index contributed by atoms with van der Waals surface area (Å²) in [6.07, 6.45) is -4.45. The molecule has 1 heterocycles. The Balaban J connectivity index is 1.46. The zero-order chi connectivity index (χ0) is 24.3. The number of anilines is 2. The van der Waals surface area contributed by atoms with Crippen LogP contribution in [-0.4, -0.2) is 24.2 Å². The molecule has 0 aromatic heterocycles. The average Bonchev–Trinajstić information content (AvgIpc) is 3.21. The van der Waals surface area contributed by atoms with E-state index in [-0.39, 0.29) is 16.8 Å². The van der Waals surface area contributed by atoms with E-state index < -0.39 is 17.6 Å². The van der Waals surface area contributed by atoms with Crippen LogP contribution in [0, 0.1) is 0 Å². The summed E-state index contributed by atoms with van der Waals surface area (Å²) < 4.78 is 43.6. The molecular weight excluding hydrogens is 465 g/mol. The van der Waals surface area contributed by atoms with Crippen molar-refractivity contribution in [2.24, 2.45) is 0 Å². The van der Waals surface area contributed by atoms with E-state index in [1.165, 1.54) is 11.8 Å². The fourth-order valence-corrected chi connectivity index (χ4v) is 4.74. The summed E-state index contributed by atoms with van der Waals surface area (Å²) in [6.45, 7) is 2.46. The lowest BCUT2D eigenvalue weighted by molar-refractivity contribution is -0.137. The number of carbonyl (C=O) groups is 2. The molecule has 9 heteroatoms. The van der Waals surface area contributed by atoms with Gasteiger partial charge < -0.3 is 10.1 Å². The Kier molecular flexibility index (Phi) is 6.83. The number of alkyl halides is 3. The molecule has 1 fully saturated rings. The van der Waals surface area contributed by atoms with Gasteiger partial charge in [-0.1, -0.05) is 12.1 Å². The van der Waals surface area contributed by atoms with Crippen LogP contribution >= 0.6 is 11.8 Å². The summed E-state index contributed by atoms with van der Waals surface area (Å²) in [5.74, 6) is 0.571. The predicted molar refractivity (Wildman–Crippen MR) is 126 cm³/mol. The summed E-state index contributed by atoms with van der Waals surface area (Å²) in [5.41, 5.74) is 1.46. The number of hydrogen-bond acceptors (Lipinski definition) is 4. The van der Waals surface area contributed by atoms with Gasteiger partial charge in [0.25, 0.3) is 5.91 Å². The molecule has 5 nitrogen and oxygen atoms in total. The number of benzene rings is 3. The smallest absolute Gasteiger partial charge is 0.416 e. The first-order valence-electron chi connectivity index (χ1n) is 10.5. The average molecular weight is 487 g/mol. The zero-order valence-corrected chi connectivity index (χ0v) is 19.0. The van der Waals surface area contributed by atoms with Crippen molar-refractivity contribution < 1.29 is 27.5 Å². The lowest BCUT2D eigenvalue weighted by Gasteiger charge is -2.24. The van der Waals surface area contributed by atoms with Crippen molar-refractivity contribution >= 4 is 35.0 Å². The Morgan fingerprint density at radius 1 is 1.03 bits per heavy atom. The molecule has 0 spiro atoms. The van der Waals surface area contributed by atoms with E-state index in [0.717, 1.165) is 41.3 Å². The van der Waals surface area contributed by atoms with E-state index >= 15 is 0 Å². The fourth-order valence-electron chi connectivity index (χ4n) is 3.56. The number of carbonyl (C=O) groups excluding carboxylic acids is 2. The van der Waals surface area contributed by atoms with Gasteiger partial charge in [-0.05, 0) is 73.2 Å². The largest absolute Gasteiger partial charge is 0.494 e. The first-order valence-corrected chi connectivity index (χ1v) is 11.6. The number of nitrogens with one attached hydrogen (secondary N) is 1. The second-order valence-electron chi connectivity index (χ2n) is 7.51. The summed E-state index contributed by atoms with van der Waals surface area (Å²) in [4.78, 5) is 26.7. The van der Waals surface area contributed by atoms with Gasteiger partial charge in [0.1, 0.15) is 11.1 Å².